The van der Waals surface area contributed by atoms with Crippen molar-refractivity contribution < 1.29 is 4.79 Å². The van der Waals surface area contributed by atoms with Gasteiger partial charge in [-0.05, 0) is 50.1 Å². The molecule has 1 heterocycles. The van der Waals surface area contributed by atoms with Crippen molar-refractivity contribution in [2.75, 3.05) is 5.32 Å². The van der Waals surface area contributed by atoms with Crippen molar-refractivity contribution in [2.24, 2.45) is 5.73 Å². The van der Waals surface area contributed by atoms with Gasteiger partial charge in [0.15, 0.2) is 0 Å². The minimum absolute atomic E-state index is 0.103. The van der Waals surface area contributed by atoms with E-state index in [0.717, 1.165) is 28.0 Å². The van der Waals surface area contributed by atoms with Crippen LogP contribution in [0.3, 0.4) is 0 Å². The van der Waals surface area contributed by atoms with E-state index in [2.05, 4.69) is 32.2 Å². The van der Waals surface area contributed by atoms with E-state index < -0.39 is 5.91 Å². The summed E-state index contributed by atoms with van der Waals surface area (Å²) in [6.45, 7) is 6.31. The number of primary amides is 1. The second-order valence-electron chi connectivity index (χ2n) is 6.47. The van der Waals surface area contributed by atoms with E-state index in [1.165, 1.54) is 0 Å². The first-order valence-corrected chi connectivity index (χ1v) is 7.87. The highest BCUT2D eigenvalue weighted by Crippen LogP contribution is 2.42. The highest BCUT2D eigenvalue weighted by atomic mass is 35.5. The van der Waals surface area contributed by atoms with Crippen LogP contribution in [0.25, 0.3) is 16.7 Å². The molecule has 3 rings (SSSR count). The number of rotatable bonds is 2. The van der Waals surface area contributed by atoms with E-state index >= 15 is 0 Å². The van der Waals surface area contributed by atoms with Crippen LogP contribution in [-0.2, 0) is 0 Å². The number of allylic oxidation sites excluding steroid dienone is 1. The molecule has 0 radical (unpaired) electrons. The van der Waals surface area contributed by atoms with Gasteiger partial charge in [-0.2, -0.15) is 0 Å². The van der Waals surface area contributed by atoms with Crippen LogP contribution in [0.5, 0.6) is 0 Å². The van der Waals surface area contributed by atoms with Gasteiger partial charge in [-0.3, -0.25) is 4.79 Å². The van der Waals surface area contributed by atoms with Crippen molar-refractivity contribution in [3.8, 4) is 11.1 Å². The molecule has 3 nitrogen and oxygen atoms in total. The smallest absolute Gasteiger partial charge is 0.248 e. The Kier molecular flexibility index (Phi) is 3.69. The van der Waals surface area contributed by atoms with Gasteiger partial charge in [0, 0.05) is 22.4 Å². The number of halogens is 1. The van der Waals surface area contributed by atoms with Crippen molar-refractivity contribution in [2.45, 2.75) is 26.3 Å². The number of carbonyl (C=O) groups excluding carboxylic acids is 1. The molecule has 0 aliphatic carbocycles. The lowest BCUT2D eigenvalue weighted by atomic mass is 9.89. The molecular formula is C19H19ClN2O. The van der Waals surface area contributed by atoms with Crippen LogP contribution in [0.4, 0.5) is 5.69 Å². The van der Waals surface area contributed by atoms with Gasteiger partial charge in [0.2, 0.25) is 5.91 Å². The molecule has 0 bridgehead atoms. The number of fused-ring (bicyclic) bond motifs is 1. The summed E-state index contributed by atoms with van der Waals surface area (Å²) in [5.74, 6) is -0.444. The average Bonchev–Trinajstić information content (AvgIpc) is 2.45. The fourth-order valence-corrected chi connectivity index (χ4v) is 3.55. The third kappa shape index (κ3) is 2.84. The molecule has 0 saturated heterocycles. The highest BCUT2D eigenvalue weighted by Gasteiger charge is 2.25. The SMILES string of the molecule is CC1=CC(C)(C)Nc2ccc(-c3cccc(C(N)=O)c3)c(Cl)c21. The van der Waals surface area contributed by atoms with E-state index in [9.17, 15) is 4.79 Å². The van der Waals surface area contributed by atoms with Gasteiger partial charge in [-0.25, -0.2) is 0 Å². The van der Waals surface area contributed by atoms with Crippen molar-refractivity contribution in [3.05, 3.63) is 58.6 Å². The number of carbonyl (C=O) groups is 1. The van der Waals surface area contributed by atoms with Crippen molar-refractivity contribution in [1.29, 1.82) is 0 Å². The maximum Gasteiger partial charge on any atom is 0.248 e. The van der Waals surface area contributed by atoms with E-state index in [4.69, 9.17) is 17.3 Å². The largest absolute Gasteiger partial charge is 0.376 e. The molecule has 0 unspecified atom stereocenters. The molecular weight excluding hydrogens is 308 g/mol. The Labute approximate surface area is 141 Å². The first-order valence-electron chi connectivity index (χ1n) is 7.49. The fourth-order valence-electron chi connectivity index (χ4n) is 3.13. The van der Waals surface area contributed by atoms with E-state index in [1.54, 1.807) is 12.1 Å². The molecule has 23 heavy (non-hydrogen) atoms. The zero-order chi connectivity index (χ0) is 16.8. The van der Waals surface area contributed by atoms with Crippen LogP contribution in [0, 0.1) is 0 Å². The number of nitrogens with two attached hydrogens (primary N) is 1. The molecule has 2 aromatic carbocycles. The molecule has 0 aromatic heterocycles. The van der Waals surface area contributed by atoms with Crippen LogP contribution in [0.1, 0.15) is 36.7 Å². The Bertz CT molecular complexity index is 837. The van der Waals surface area contributed by atoms with Gasteiger partial charge < -0.3 is 11.1 Å². The molecule has 4 heteroatoms. The minimum Gasteiger partial charge on any atom is -0.376 e. The molecule has 118 valence electrons. The predicted molar refractivity (Wildman–Crippen MR) is 96.8 cm³/mol. The van der Waals surface area contributed by atoms with Gasteiger partial charge in [-0.15, -0.1) is 0 Å². The number of hydrogen-bond acceptors (Lipinski definition) is 2. The summed E-state index contributed by atoms with van der Waals surface area (Å²) in [5.41, 5.74) is 10.7. The highest BCUT2D eigenvalue weighted by molar-refractivity contribution is 6.35. The van der Waals surface area contributed by atoms with E-state index in [1.807, 2.05) is 24.3 Å². The molecule has 0 fully saturated rings. The Morgan fingerprint density at radius 2 is 1.96 bits per heavy atom. The number of benzene rings is 2. The maximum atomic E-state index is 11.4. The molecule has 0 atom stereocenters. The summed E-state index contributed by atoms with van der Waals surface area (Å²) < 4.78 is 0. The standard InChI is InChI=1S/C19H19ClN2O/c1-11-10-19(2,3)22-15-8-7-14(17(20)16(11)15)12-5-4-6-13(9-12)18(21)23/h4-10,22H,1-3H3,(H2,21,23). The van der Waals surface area contributed by atoms with Crippen LogP contribution in [0.2, 0.25) is 5.02 Å². The quantitative estimate of drug-likeness (QED) is 0.839. The lowest BCUT2D eigenvalue weighted by molar-refractivity contribution is 0.100. The third-order valence-electron chi connectivity index (χ3n) is 4.03. The van der Waals surface area contributed by atoms with Gasteiger partial charge in [0.1, 0.15) is 0 Å². The topological polar surface area (TPSA) is 55.1 Å². The predicted octanol–water partition coefficient (Wildman–Crippen LogP) is 4.71. The molecule has 3 N–H and O–H groups in total. The Morgan fingerprint density at radius 3 is 2.65 bits per heavy atom. The summed E-state index contributed by atoms with van der Waals surface area (Å²) in [6.07, 6.45) is 2.17. The average molecular weight is 327 g/mol. The van der Waals surface area contributed by atoms with Gasteiger partial charge >= 0.3 is 0 Å². The summed E-state index contributed by atoms with van der Waals surface area (Å²) in [6, 6.07) is 11.2. The van der Waals surface area contributed by atoms with Crippen molar-refractivity contribution >= 4 is 28.8 Å². The van der Waals surface area contributed by atoms with E-state index in [0.29, 0.717) is 10.6 Å². The summed E-state index contributed by atoms with van der Waals surface area (Å²) in [5, 5.41) is 4.16. The van der Waals surface area contributed by atoms with Crippen LogP contribution in [-0.4, -0.2) is 11.4 Å². The number of amides is 1. The lowest BCUT2D eigenvalue weighted by Gasteiger charge is -2.32. The minimum atomic E-state index is -0.444. The normalized spacial score (nSPS) is 15.4. The number of anilines is 1. The second kappa shape index (κ2) is 5.43. The lowest BCUT2D eigenvalue weighted by Crippen LogP contribution is -2.31. The molecule has 1 amide bonds. The monoisotopic (exact) mass is 326 g/mol. The third-order valence-corrected chi connectivity index (χ3v) is 4.42. The molecule has 1 aliphatic heterocycles. The molecule has 0 spiro atoms. The zero-order valence-electron chi connectivity index (χ0n) is 13.4. The molecule has 0 saturated carbocycles. The Balaban J connectivity index is 2.16. The Hall–Kier alpha value is -2.26. The van der Waals surface area contributed by atoms with Gasteiger partial charge in [0.05, 0.1) is 10.6 Å². The summed E-state index contributed by atoms with van der Waals surface area (Å²) >= 11 is 6.68. The number of nitrogens with one attached hydrogen (secondary N) is 1. The first kappa shape index (κ1) is 15.6. The summed E-state index contributed by atoms with van der Waals surface area (Å²) in [4.78, 5) is 11.4. The summed E-state index contributed by atoms with van der Waals surface area (Å²) in [7, 11) is 0. The van der Waals surface area contributed by atoms with Crippen molar-refractivity contribution in [3.63, 3.8) is 0 Å². The second-order valence-corrected chi connectivity index (χ2v) is 6.85. The maximum absolute atomic E-state index is 11.4. The molecule has 1 aliphatic rings. The number of hydrogen-bond donors (Lipinski definition) is 2. The van der Waals surface area contributed by atoms with Gasteiger partial charge in [-0.1, -0.05) is 35.9 Å². The van der Waals surface area contributed by atoms with Crippen LogP contribution < -0.4 is 11.1 Å². The van der Waals surface area contributed by atoms with Crippen molar-refractivity contribution in [1.82, 2.24) is 0 Å². The Morgan fingerprint density at radius 1 is 1.22 bits per heavy atom. The van der Waals surface area contributed by atoms with E-state index in [-0.39, 0.29) is 5.54 Å². The van der Waals surface area contributed by atoms with Crippen LogP contribution >= 0.6 is 11.6 Å². The first-order chi connectivity index (χ1) is 10.8. The zero-order valence-corrected chi connectivity index (χ0v) is 14.2. The fraction of sp³-hybridized carbons (Fsp3) is 0.211. The molecule has 2 aromatic rings. The van der Waals surface area contributed by atoms with Gasteiger partial charge in [0.25, 0.3) is 0 Å². The van der Waals surface area contributed by atoms with Crippen LogP contribution in [0.15, 0.2) is 42.5 Å².